The summed E-state index contributed by atoms with van der Waals surface area (Å²) < 4.78 is 11.1. The van der Waals surface area contributed by atoms with Gasteiger partial charge in [0.05, 0.1) is 12.1 Å². The Bertz CT molecular complexity index is 504. The van der Waals surface area contributed by atoms with Gasteiger partial charge in [-0.2, -0.15) is 0 Å². The number of aryl methyl sites for hydroxylation is 1. The minimum absolute atomic E-state index is 0.0585. The lowest BCUT2D eigenvalue weighted by atomic mass is 9.85. The molecule has 1 aliphatic rings. The van der Waals surface area contributed by atoms with Crippen molar-refractivity contribution >= 4 is 17.3 Å². The van der Waals surface area contributed by atoms with Gasteiger partial charge in [-0.25, -0.2) is 0 Å². The van der Waals surface area contributed by atoms with E-state index in [1.807, 2.05) is 32.0 Å². The Hall–Kier alpha value is -1.59. The molecule has 1 amide bonds. The minimum atomic E-state index is -0.0585. The third-order valence-electron chi connectivity index (χ3n) is 3.79. The Balaban J connectivity index is 1.98. The average molecular weight is 292 g/mol. The molecule has 116 valence electrons. The molecule has 2 rings (SSSR count). The van der Waals surface area contributed by atoms with Crippen molar-refractivity contribution in [1.29, 1.82) is 0 Å². The second-order valence-electron chi connectivity index (χ2n) is 5.39. The van der Waals surface area contributed by atoms with Gasteiger partial charge in [0.15, 0.2) is 0 Å². The zero-order chi connectivity index (χ0) is 15.4. The second kappa shape index (κ2) is 6.91. The Morgan fingerprint density at radius 2 is 2.19 bits per heavy atom. The molecule has 2 N–H and O–H groups in total. The first-order valence-corrected chi connectivity index (χ1v) is 7.34. The highest BCUT2D eigenvalue weighted by atomic mass is 16.5. The summed E-state index contributed by atoms with van der Waals surface area (Å²) in [6.07, 6.45) is 1.20. The number of methoxy groups -OCH3 is 1. The maximum Gasteiger partial charge on any atom is 0.221 e. The Kier molecular flexibility index (Phi) is 5.20. The van der Waals surface area contributed by atoms with Crippen molar-refractivity contribution in [1.82, 2.24) is 0 Å². The fourth-order valence-corrected chi connectivity index (χ4v) is 2.71. The molecule has 0 radical (unpaired) electrons. The van der Waals surface area contributed by atoms with E-state index in [-0.39, 0.29) is 24.2 Å². The van der Waals surface area contributed by atoms with Gasteiger partial charge < -0.3 is 20.1 Å². The van der Waals surface area contributed by atoms with Gasteiger partial charge in [0.1, 0.15) is 6.10 Å². The van der Waals surface area contributed by atoms with E-state index in [4.69, 9.17) is 9.47 Å². The molecule has 3 unspecified atom stereocenters. The molecule has 1 fully saturated rings. The summed E-state index contributed by atoms with van der Waals surface area (Å²) in [5.41, 5.74) is 2.91. The number of hydrogen-bond donors (Lipinski definition) is 2. The molecule has 5 heteroatoms. The molecule has 0 spiro atoms. The highest BCUT2D eigenvalue weighted by Crippen LogP contribution is 2.30. The van der Waals surface area contributed by atoms with Crippen LogP contribution in [0.1, 0.15) is 25.8 Å². The van der Waals surface area contributed by atoms with E-state index in [0.717, 1.165) is 23.4 Å². The SMILES string of the molecule is CCOC1CC(Nc2ccc(NC(C)=O)c(C)c2)C1OC. The molecular formula is C16H24N2O3. The summed E-state index contributed by atoms with van der Waals surface area (Å²) in [5, 5.41) is 6.29. The van der Waals surface area contributed by atoms with E-state index in [9.17, 15) is 4.79 Å². The quantitative estimate of drug-likeness (QED) is 0.846. The maximum atomic E-state index is 11.1. The van der Waals surface area contributed by atoms with Crippen LogP contribution in [0, 0.1) is 6.92 Å². The molecule has 1 aliphatic carbocycles. The number of nitrogens with one attached hydrogen (secondary N) is 2. The zero-order valence-corrected chi connectivity index (χ0v) is 13.1. The molecule has 0 aliphatic heterocycles. The first-order chi connectivity index (χ1) is 10.0. The molecular weight excluding hydrogens is 268 g/mol. The van der Waals surface area contributed by atoms with Crippen molar-refractivity contribution in [3.63, 3.8) is 0 Å². The number of carbonyl (C=O) groups excluding carboxylic acids is 1. The third kappa shape index (κ3) is 3.74. The van der Waals surface area contributed by atoms with E-state index < -0.39 is 0 Å². The number of anilines is 2. The molecule has 0 aromatic heterocycles. The topological polar surface area (TPSA) is 59.6 Å². The van der Waals surface area contributed by atoms with E-state index in [0.29, 0.717) is 6.61 Å². The zero-order valence-electron chi connectivity index (χ0n) is 13.1. The molecule has 0 heterocycles. The predicted molar refractivity (Wildman–Crippen MR) is 83.7 cm³/mol. The molecule has 1 aromatic carbocycles. The van der Waals surface area contributed by atoms with Crippen LogP contribution in [0.2, 0.25) is 0 Å². The number of ether oxygens (including phenoxy) is 2. The number of carbonyl (C=O) groups is 1. The standard InChI is InChI=1S/C16H24N2O3/c1-5-21-15-9-14(16(15)20-4)18-12-6-7-13(10(2)8-12)17-11(3)19/h6-8,14-16,18H,5,9H2,1-4H3,(H,17,19). The van der Waals surface area contributed by atoms with Crippen molar-refractivity contribution in [3.05, 3.63) is 23.8 Å². The summed E-state index contributed by atoms with van der Waals surface area (Å²) in [5.74, 6) is -0.0585. The first kappa shape index (κ1) is 15.8. The normalized spacial score (nSPS) is 24.3. The highest BCUT2D eigenvalue weighted by Gasteiger charge is 2.42. The molecule has 21 heavy (non-hydrogen) atoms. The van der Waals surface area contributed by atoms with Crippen molar-refractivity contribution in [2.24, 2.45) is 0 Å². The largest absolute Gasteiger partial charge is 0.379 e. The summed E-state index contributed by atoms with van der Waals surface area (Å²) in [6, 6.07) is 6.18. The first-order valence-electron chi connectivity index (χ1n) is 7.34. The maximum absolute atomic E-state index is 11.1. The smallest absolute Gasteiger partial charge is 0.221 e. The molecule has 1 aromatic rings. The fraction of sp³-hybridized carbons (Fsp3) is 0.562. The fourth-order valence-electron chi connectivity index (χ4n) is 2.71. The van der Waals surface area contributed by atoms with Crippen LogP contribution in [0.25, 0.3) is 0 Å². The van der Waals surface area contributed by atoms with Gasteiger partial charge in [-0.15, -0.1) is 0 Å². The van der Waals surface area contributed by atoms with Crippen LogP contribution in [0.15, 0.2) is 18.2 Å². The van der Waals surface area contributed by atoms with Crippen LogP contribution < -0.4 is 10.6 Å². The number of hydrogen-bond acceptors (Lipinski definition) is 4. The summed E-state index contributed by atoms with van der Waals surface area (Å²) in [7, 11) is 1.72. The Morgan fingerprint density at radius 1 is 1.43 bits per heavy atom. The average Bonchev–Trinajstić information content (AvgIpc) is 2.40. The predicted octanol–water partition coefficient (Wildman–Crippen LogP) is 2.56. The van der Waals surface area contributed by atoms with Gasteiger partial charge in [0.25, 0.3) is 0 Å². The Labute approximate surface area is 126 Å². The molecule has 1 saturated carbocycles. The van der Waals surface area contributed by atoms with Crippen molar-refractivity contribution in [2.75, 3.05) is 24.4 Å². The number of amides is 1. The second-order valence-corrected chi connectivity index (χ2v) is 5.39. The Morgan fingerprint density at radius 3 is 2.76 bits per heavy atom. The lowest BCUT2D eigenvalue weighted by molar-refractivity contribution is -0.118. The van der Waals surface area contributed by atoms with Crippen LogP contribution in [0.3, 0.4) is 0 Å². The monoisotopic (exact) mass is 292 g/mol. The van der Waals surface area contributed by atoms with Crippen LogP contribution in [-0.2, 0) is 14.3 Å². The van der Waals surface area contributed by atoms with Crippen LogP contribution >= 0.6 is 0 Å². The van der Waals surface area contributed by atoms with Gasteiger partial charge in [0, 0.05) is 32.0 Å². The molecule has 3 atom stereocenters. The lowest BCUT2D eigenvalue weighted by Gasteiger charge is -2.43. The van der Waals surface area contributed by atoms with Gasteiger partial charge in [-0.1, -0.05) is 0 Å². The van der Waals surface area contributed by atoms with Gasteiger partial charge in [0.2, 0.25) is 5.91 Å². The van der Waals surface area contributed by atoms with Crippen LogP contribution in [-0.4, -0.2) is 37.9 Å². The summed E-state index contributed by atoms with van der Waals surface area (Å²) in [4.78, 5) is 11.1. The minimum Gasteiger partial charge on any atom is -0.379 e. The third-order valence-corrected chi connectivity index (χ3v) is 3.79. The van der Waals surface area contributed by atoms with E-state index >= 15 is 0 Å². The molecule has 5 nitrogen and oxygen atoms in total. The summed E-state index contributed by atoms with van der Waals surface area (Å²) >= 11 is 0. The van der Waals surface area contributed by atoms with Crippen molar-refractivity contribution in [2.45, 2.75) is 45.4 Å². The lowest BCUT2D eigenvalue weighted by Crippen LogP contribution is -2.56. The number of rotatable bonds is 6. The van der Waals surface area contributed by atoms with Crippen molar-refractivity contribution in [3.8, 4) is 0 Å². The van der Waals surface area contributed by atoms with E-state index in [1.165, 1.54) is 6.92 Å². The summed E-state index contributed by atoms with van der Waals surface area (Å²) in [6.45, 7) is 6.20. The van der Waals surface area contributed by atoms with Crippen molar-refractivity contribution < 1.29 is 14.3 Å². The van der Waals surface area contributed by atoms with E-state index in [2.05, 4.69) is 10.6 Å². The van der Waals surface area contributed by atoms with Gasteiger partial charge in [-0.05, 0) is 44.0 Å². The molecule has 0 bridgehead atoms. The number of benzene rings is 1. The van der Waals surface area contributed by atoms with Gasteiger partial charge in [-0.3, -0.25) is 4.79 Å². The van der Waals surface area contributed by atoms with Crippen LogP contribution in [0.5, 0.6) is 0 Å². The van der Waals surface area contributed by atoms with E-state index in [1.54, 1.807) is 7.11 Å². The molecule has 0 saturated heterocycles. The van der Waals surface area contributed by atoms with Crippen LogP contribution in [0.4, 0.5) is 11.4 Å². The highest BCUT2D eigenvalue weighted by molar-refractivity contribution is 5.89. The van der Waals surface area contributed by atoms with Gasteiger partial charge >= 0.3 is 0 Å².